The van der Waals surface area contributed by atoms with Gasteiger partial charge in [0, 0.05) is 16.9 Å². The fraction of sp³-hybridized carbons (Fsp3) is 0.389. The molecule has 0 radical (unpaired) electrons. The zero-order valence-electron chi connectivity index (χ0n) is 14.8. The number of primary amides is 1. The molecular formula is C18H20ClN3O4S. The number of carbonyl (C=O) groups excluding carboxylic acids is 2. The van der Waals surface area contributed by atoms with Crippen molar-refractivity contribution in [3.05, 3.63) is 45.4 Å². The van der Waals surface area contributed by atoms with Crippen LogP contribution in [0.5, 0.6) is 5.75 Å². The molecule has 1 aromatic carbocycles. The van der Waals surface area contributed by atoms with E-state index in [0.717, 1.165) is 5.56 Å². The smallest absolute Gasteiger partial charge is 0.273 e. The Morgan fingerprint density at radius 2 is 2.30 bits per heavy atom. The first-order valence-corrected chi connectivity index (χ1v) is 9.69. The molecule has 1 aromatic heterocycles. The first-order chi connectivity index (χ1) is 12.9. The number of hydrogen-bond donors (Lipinski definition) is 1. The van der Waals surface area contributed by atoms with Gasteiger partial charge in [-0.25, -0.2) is 4.98 Å². The second-order valence-corrected chi connectivity index (χ2v) is 7.60. The normalized spacial score (nSPS) is 19.7. The molecule has 7 nitrogen and oxygen atoms in total. The number of nitrogens with two attached hydrogens (primary N) is 1. The Hall–Kier alpha value is -2.16. The van der Waals surface area contributed by atoms with Crippen LogP contribution in [0.1, 0.15) is 22.5 Å². The van der Waals surface area contributed by atoms with E-state index in [9.17, 15) is 9.59 Å². The third-order valence-electron chi connectivity index (χ3n) is 4.31. The van der Waals surface area contributed by atoms with E-state index in [2.05, 4.69) is 4.98 Å². The van der Waals surface area contributed by atoms with Gasteiger partial charge in [0.25, 0.3) is 5.91 Å². The SMILES string of the molecule is Cc1cc(OCC2(CC(N)=O)CN(C(=O)c3cscn3)CCO2)ccc1Cl. The maximum Gasteiger partial charge on any atom is 0.273 e. The van der Waals surface area contributed by atoms with Crippen LogP contribution in [0.15, 0.2) is 29.1 Å². The van der Waals surface area contributed by atoms with E-state index < -0.39 is 11.5 Å². The van der Waals surface area contributed by atoms with Gasteiger partial charge < -0.3 is 20.1 Å². The molecule has 2 heterocycles. The molecule has 2 N–H and O–H groups in total. The summed E-state index contributed by atoms with van der Waals surface area (Å²) in [6.45, 7) is 2.85. The van der Waals surface area contributed by atoms with Crippen molar-refractivity contribution in [3.63, 3.8) is 0 Å². The Kier molecular flexibility index (Phi) is 5.98. The van der Waals surface area contributed by atoms with Crippen LogP contribution in [-0.4, -0.2) is 53.6 Å². The van der Waals surface area contributed by atoms with E-state index >= 15 is 0 Å². The van der Waals surface area contributed by atoms with Gasteiger partial charge in [-0.15, -0.1) is 11.3 Å². The summed E-state index contributed by atoms with van der Waals surface area (Å²) in [4.78, 5) is 30.0. The number of rotatable bonds is 6. The Bertz CT molecular complexity index is 830. The highest BCUT2D eigenvalue weighted by Gasteiger charge is 2.41. The Labute approximate surface area is 166 Å². The second kappa shape index (κ2) is 8.24. The van der Waals surface area contributed by atoms with Crippen molar-refractivity contribution in [2.24, 2.45) is 5.73 Å². The molecule has 9 heteroatoms. The quantitative estimate of drug-likeness (QED) is 0.789. The molecule has 144 valence electrons. The molecule has 2 amide bonds. The molecule has 1 fully saturated rings. The fourth-order valence-electron chi connectivity index (χ4n) is 2.98. The van der Waals surface area contributed by atoms with E-state index in [1.807, 2.05) is 6.92 Å². The van der Waals surface area contributed by atoms with Crippen molar-refractivity contribution >= 4 is 34.8 Å². The maximum atomic E-state index is 12.6. The van der Waals surface area contributed by atoms with E-state index in [0.29, 0.717) is 23.0 Å². The number of nitrogens with zero attached hydrogens (tertiary/aromatic N) is 2. The van der Waals surface area contributed by atoms with Gasteiger partial charge in [0.1, 0.15) is 23.7 Å². The van der Waals surface area contributed by atoms with Crippen molar-refractivity contribution in [1.82, 2.24) is 9.88 Å². The molecule has 0 bridgehead atoms. The van der Waals surface area contributed by atoms with E-state index in [4.69, 9.17) is 26.8 Å². The second-order valence-electron chi connectivity index (χ2n) is 6.47. The van der Waals surface area contributed by atoms with Gasteiger partial charge >= 0.3 is 0 Å². The van der Waals surface area contributed by atoms with Crippen LogP contribution in [0.3, 0.4) is 0 Å². The molecule has 27 heavy (non-hydrogen) atoms. The zero-order chi connectivity index (χ0) is 19.4. The van der Waals surface area contributed by atoms with Crippen molar-refractivity contribution in [1.29, 1.82) is 0 Å². The van der Waals surface area contributed by atoms with Crippen LogP contribution >= 0.6 is 22.9 Å². The van der Waals surface area contributed by atoms with E-state index in [1.165, 1.54) is 11.3 Å². The molecule has 1 unspecified atom stereocenters. The monoisotopic (exact) mass is 409 g/mol. The highest BCUT2D eigenvalue weighted by atomic mass is 35.5. The largest absolute Gasteiger partial charge is 0.490 e. The molecule has 0 saturated carbocycles. The number of halogens is 1. The lowest BCUT2D eigenvalue weighted by Crippen LogP contribution is -2.58. The van der Waals surface area contributed by atoms with Gasteiger partial charge in [0.05, 0.1) is 25.1 Å². The Balaban J connectivity index is 1.75. The average Bonchev–Trinajstić information content (AvgIpc) is 3.16. The molecular weight excluding hydrogens is 390 g/mol. The number of morpholine rings is 1. The standard InChI is InChI=1S/C18H20ClN3O4S/c1-12-6-13(2-3-14(12)19)25-10-18(7-16(20)23)9-22(4-5-26-18)17(24)15-8-27-11-21-15/h2-3,6,8,11H,4-5,7,9-10H2,1H3,(H2,20,23). The lowest BCUT2D eigenvalue weighted by atomic mass is 9.97. The molecule has 2 aromatic rings. The third kappa shape index (κ3) is 4.77. The Morgan fingerprint density at radius 1 is 1.48 bits per heavy atom. The molecule has 1 aliphatic rings. The number of benzene rings is 1. The first kappa shape index (κ1) is 19.6. The third-order valence-corrected chi connectivity index (χ3v) is 5.33. The van der Waals surface area contributed by atoms with Gasteiger partial charge in [-0.3, -0.25) is 9.59 Å². The number of ether oxygens (including phenoxy) is 2. The van der Waals surface area contributed by atoms with Crippen molar-refractivity contribution in [3.8, 4) is 5.75 Å². The average molecular weight is 410 g/mol. The summed E-state index contributed by atoms with van der Waals surface area (Å²) in [5.74, 6) is -0.114. The maximum absolute atomic E-state index is 12.6. The molecule has 1 saturated heterocycles. The molecule has 1 atom stereocenters. The van der Waals surface area contributed by atoms with Crippen molar-refractivity contribution in [2.75, 3.05) is 26.3 Å². The molecule has 0 aliphatic carbocycles. The number of amides is 2. The summed E-state index contributed by atoms with van der Waals surface area (Å²) in [6, 6.07) is 5.29. The van der Waals surface area contributed by atoms with Gasteiger partial charge in [-0.05, 0) is 30.7 Å². The highest BCUT2D eigenvalue weighted by molar-refractivity contribution is 7.07. The van der Waals surface area contributed by atoms with E-state index in [-0.39, 0.29) is 32.1 Å². The van der Waals surface area contributed by atoms with Crippen molar-refractivity contribution < 1.29 is 19.1 Å². The topological polar surface area (TPSA) is 94.8 Å². The van der Waals surface area contributed by atoms with Crippen LogP contribution in [0.2, 0.25) is 5.02 Å². The van der Waals surface area contributed by atoms with Gasteiger partial charge in [-0.2, -0.15) is 0 Å². The lowest BCUT2D eigenvalue weighted by Gasteiger charge is -2.41. The number of hydrogen-bond acceptors (Lipinski definition) is 6. The highest BCUT2D eigenvalue weighted by Crippen LogP contribution is 2.27. The summed E-state index contributed by atoms with van der Waals surface area (Å²) >= 11 is 7.39. The van der Waals surface area contributed by atoms with Crippen LogP contribution in [0.4, 0.5) is 0 Å². The molecule has 3 rings (SSSR count). The summed E-state index contributed by atoms with van der Waals surface area (Å²) in [7, 11) is 0. The van der Waals surface area contributed by atoms with E-state index in [1.54, 1.807) is 34.0 Å². The van der Waals surface area contributed by atoms with Crippen LogP contribution < -0.4 is 10.5 Å². The van der Waals surface area contributed by atoms with Crippen molar-refractivity contribution in [2.45, 2.75) is 18.9 Å². The zero-order valence-corrected chi connectivity index (χ0v) is 16.4. The number of aromatic nitrogens is 1. The van der Waals surface area contributed by atoms with Gasteiger partial charge in [0.15, 0.2) is 0 Å². The summed E-state index contributed by atoms with van der Waals surface area (Å²) < 4.78 is 11.7. The number of carbonyl (C=O) groups is 2. The van der Waals surface area contributed by atoms with Crippen LogP contribution in [0, 0.1) is 6.92 Å². The summed E-state index contributed by atoms with van der Waals surface area (Å²) in [5, 5.41) is 2.34. The predicted octanol–water partition coefficient (Wildman–Crippen LogP) is 2.27. The molecule has 1 aliphatic heterocycles. The number of thiazole rings is 1. The fourth-order valence-corrected chi connectivity index (χ4v) is 3.63. The minimum atomic E-state index is -1.01. The van der Waals surface area contributed by atoms with Crippen LogP contribution in [-0.2, 0) is 9.53 Å². The van der Waals surface area contributed by atoms with Crippen LogP contribution in [0.25, 0.3) is 0 Å². The summed E-state index contributed by atoms with van der Waals surface area (Å²) in [6.07, 6.45) is -0.0551. The van der Waals surface area contributed by atoms with Gasteiger partial charge in [0.2, 0.25) is 5.91 Å². The Morgan fingerprint density at radius 3 is 2.96 bits per heavy atom. The number of aryl methyl sites for hydroxylation is 1. The minimum Gasteiger partial charge on any atom is -0.490 e. The molecule has 0 spiro atoms. The predicted molar refractivity (Wildman–Crippen MR) is 102 cm³/mol. The van der Waals surface area contributed by atoms with Gasteiger partial charge in [-0.1, -0.05) is 11.6 Å². The summed E-state index contributed by atoms with van der Waals surface area (Å²) in [5.41, 5.74) is 7.28. The first-order valence-electron chi connectivity index (χ1n) is 8.37. The lowest BCUT2D eigenvalue weighted by molar-refractivity contribution is -0.142. The minimum absolute atomic E-state index is 0.0551.